The maximum Gasteiger partial charge on any atom is 0.341 e. The van der Waals surface area contributed by atoms with Gasteiger partial charge in [0.25, 0.3) is 0 Å². The first-order valence-corrected chi connectivity index (χ1v) is 12.6. The molecular weight excluding hydrogens is 522 g/mol. The number of aromatic nitrogens is 1. The molecule has 206 valence electrons. The molecule has 12 heteroatoms. The van der Waals surface area contributed by atoms with Crippen molar-refractivity contribution in [2.45, 2.75) is 50.6 Å². The van der Waals surface area contributed by atoms with E-state index in [1.165, 1.54) is 13.3 Å². The smallest absolute Gasteiger partial charge is 0.341 e. The molecule has 3 aliphatic rings. The Kier molecular flexibility index (Phi) is 8.27. The molecule has 0 unspecified atom stereocenters. The lowest BCUT2D eigenvalue weighted by molar-refractivity contribution is -0.122. The van der Waals surface area contributed by atoms with Crippen molar-refractivity contribution >= 4 is 40.9 Å². The van der Waals surface area contributed by atoms with Gasteiger partial charge in [-0.2, -0.15) is 0 Å². The van der Waals surface area contributed by atoms with Crippen molar-refractivity contribution in [3.05, 3.63) is 45.3 Å². The first-order chi connectivity index (χ1) is 17.8. The summed E-state index contributed by atoms with van der Waals surface area (Å²) in [4.78, 5) is 38.5. The molecule has 3 N–H and O–H groups in total. The molecular formula is C26H31ClF2N4O5. The number of anilines is 1. The number of benzene rings is 1. The number of nitrogens with one attached hydrogen (secondary N) is 2. The average Bonchev–Trinajstić information content (AvgIpc) is 3.59. The number of pyridine rings is 1. The maximum atomic E-state index is 15.6. The quantitative estimate of drug-likeness (QED) is 0.483. The summed E-state index contributed by atoms with van der Waals surface area (Å²) in [5.74, 6) is -2.67. The highest BCUT2D eigenvalue weighted by molar-refractivity contribution is 5.97. The molecule has 1 atom stereocenters. The fourth-order valence-electron chi connectivity index (χ4n) is 5.33. The van der Waals surface area contributed by atoms with Gasteiger partial charge in [-0.25, -0.2) is 13.6 Å². The fourth-order valence-corrected chi connectivity index (χ4v) is 5.33. The van der Waals surface area contributed by atoms with Crippen molar-refractivity contribution < 1.29 is 28.2 Å². The number of carbonyl (C=O) groups excluding carboxylic acids is 1. The largest absolute Gasteiger partial charge is 0.492 e. The molecule has 1 aromatic heterocycles. The molecule has 1 aliphatic carbocycles. The van der Waals surface area contributed by atoms with Crippen molar-refractivity contribution in [2.24, 2.45) is 0 Å². The molecule has 2 saturated heterocycles. The van der Waals surface area contributed by atoms with Crippen LogP contribution in [0.3, 0.4) is 0 Å². The van der Waals surface area contributed by atoms with Gasteiger partial charge < -0.3 is 29.9 Å². The molecule has 2 aliphatic heterocycles. The van der Waals surface area contributed by atoms with Crippen LogP contribution in [0.5, 0.6) is 5.75 Å². The van der Waals surface area contributed by atoms with Gasteiger partial charge in [-0.1, -0.05) is 0 Å². The second-order valence-electron chi connectivity index (χ2n) is 9.85. The Bertz CT molecular complexity index is 1350. The Morgan fingerprint density at radius 3 is 2.66 bits per heavy atom. The number of fused-ring (bicyclic) bond motifs is 1. The number of hydrogen-bond donors (Lipinski definition) is 3. The van der Waals surface area contributed by atoms with Gasteiger partial charge >= 0.3 is 5.97 Å². The van der Waals surface area contributed by atoms with Gasteiger partial charge in [0.15, 0.2) is 11.6 Å². The predicted molar refractivity (Wildman–Crippen MR) is 141 cm³/mol. The molecule has 9 nitrogen and oxygen atoms in total. The minimum absolute atomic E-state index is 0. The zero-order chi connectivity index (χ0) is 26.3. The van der Waals surface area contributed by atoms with Crippen molar-refractivity contribution in [3.8, 4) is 5.75 Å². The van der Waals surface area contributed by atoms with E-state index in [0.29, 0.717) is 30.5 Å². The van der Waals surface area contributed by atoms with Gasteiger partial charge in [-0.15, -0.1) is 12.4 Å². The lowest BCUT2D eigenvalue weighted by Gasteiger charge is -2.33. The topological polar surface area (TPSA) is 113 Å². The lowest BCUT2D eigenvalue weighted by Crippen LogP contribution is -2.41. The molecule has 2 aromatic rings. The predicted octanol–water partition coefficient (Wildman–Crippen LogP) is 3.30. The van der Waals surface area contributed by atoms with E-state index in [-0.39, 0.29) is 60.3 Å². The summed E-state index contributed by atoms with van der Waals surface area (Å²) in [6.07, 6.45) is 5.58. The molecule has 3 fully saturated rings. The molecule has 1 aromatic carbocycles. The Morgan fingerprint density at radius 2 is 2.03 bits per heavy atom. The molecule has 0 radical (unpaired) electrons. The van der Waals surface area contributed by atoms with Crippen LogP contribution in [0.25, 0.3) is 10.9 Å². The van der Waals surface area contributed by atoms with Gasteiger partial charge in [0.2, 0.25) is 11.3 Å². The van der Waals surface area contributed by atoms with Crippen LogP contribution in [0.15, 0.2) is 28.5 Å². The maximum absolute atomic E-state index is 15.6. The number of aromatic carboxylic acids is 1. The number of rotatable bonds is 7. The SMILES string of the molecule is COc1c(N2CCC/C(=C(\F)CNC(=O)[C@@H]3CCCN3)C2)c(F)cc2c(=O)c(C(=O)O)cn(C3CC3)c12.Cl. The Hall–Kier alpha value is -3.18. The van der Waals surface area contributed by atoms with Gasteiger partial charge in [0, 0.05) is 25.3 Å². The molecule has 38 heavy (non-hydrogen) atoms. The third kappa shape index (κ3) is 5.22. The molecule has 3 heterocycles. The highest BCUT2D eigenvalue weighted by atomic mass is 35.5. The minimum Gasteiger partial charge on any atom is -0.492 e. The van der Waals surface area contributed by atoms with Gasteiger partial charge in [0.1, 0.15) is 17.1 Å². The highest BCUT2D eigenvalue weighted by Crippen LogP contribution is 2.44. The Morgan fingerprint density at radius 1 is 1.26 bits per heavy atom. The number of amides is 1. The summed E-state index contributed by atoms with van der Waals surface area (Å²) in [5.41, 5.74) is -0.289. The fraction of sp³-hybridized carbons (Fsp3) is 0.500. The van der Waals surface area contributed by atoms with Crippen LogP contribution in [-0.4, -0.2) is 60.9 Å². The third-order valence-electron chi connectivity index (χ3n) is 7.36. The van der Waals surface area contributed by atoms with Gasteiger partial charge in [-0.05, 0) is 56.7 Å². The Balaban J connectivity index is 0.00000336. The summed E-state index contributed by atoms with van der Waals surface area (Å²) in [6, 6.07) is 0.743. The number of carboxylic acid groups (broad SMARTS) is 1. The number of hydrogen-bond acceptors (Lipinski definition) is 6. The highest BCUT2D eigenvalue weighted by Gasteiger charge is 2.32. The second kappa shape index (κ2) is 11.3. The van der Waals surface area contributed by atoms with E-state index in [4.69, 9.17) is 4.74 Å². The van der Waals surface area contributed by atoms with E-state index in [9.17, 15) is 19.5 Å². The number of piperidine rings is 1. The van der Waals surface area contributed by atoms with Crippen molar-refractivity contribution in [1.82, 2.24) is 15.2 Å². The second-order valence-corrected chi connectivity index (χ2v) is 9.85. The Labute approximate surface area is 224 Å². The number of carbonyl (C=O) groups is 2. The van der Waals surface area contributed by atoms with E-state index in [1.54, 1.807) is 9.47 Å². The standard InChI is InChI=1S/C26H30F2N4O5.ClH/c1-37-24-21-16(23(33)17(26(35)36)13-32(21)15-6-7-15)10-18(27)22(24)31-9-3-4-14(12-31)19(28)11-30-25(34)20-5-2-8-29-20;/h10,13,15,20,29H,2-9,11-12H2,1H3,(H,30,34)(H,35,36);1H/b19-14+;/t20-;/m0./s1. The lowest BCUT2D eigenvalue weighted by atomic mass is 10.0. The van der Waals surface area contributed by atoms with Crippen molar-refractivity contribution in [3.63, 3.8) is 0 Å². The molecule has 0 spiro atoms. The van der Waals surface area contributed by atoms with Crippen LogP contribution in [0.2, 0.25) is 0 Å². The summed E-state index contributed by atoms with van der Waals surface area (Å²) in [7, 11) is 1.37. The molecule has 5 rings (SSSR count). The molecule has 0 bridgehead atoms. The normalized spacial score (nSPS) is 20.7. The monoisotopic (exact) mass is 552 g/mol. The van der Waals surface area contributed by atoms with Crippen LogP contribution in [0.1, 0.15) is 54.9 Å². The number of ether oxygens (including phenoxy) is 1. The van der Waals surface area contributed by atoms with E-state index in [2.05, 4.69) is 10.6 Å². The van der Waals surface area contributed by atoms with Crippen molar-refractivity contribution in [1.29, 1.82) is 0 Å². The van der Waals surface area contributed by atoms with E-state index in [1.807, 2.05) is 0 Å². The average molecular weight is 553 g/mol. The zero-order valence-electron chi connectivity index (χ0n) is 21.0. The van der Waals surface area contributed by atoms with Crippen LogP contribution >= 0.6 is 12.4 Å². The third-order valence-corrected chi connectivity index (χ3v) is 7.36. The first kappa shape index (κ1) is 27.8. The molecule has 1 saturated carbocycles. The van der Waals surface area contributed by atoms with Crippen LogP contribution in [-0.2, 0) is 4.79 Å². The van der Waals surface area contributed by atoms with E-state index >= 15 is 8.78 Å². The minimum atomic E-state index is -1.37. The van der Waals surface area contributed by atoms with E-state index < -0.39 is 28.6 Å². The van der Waals surface area contributed by atoms with Gasteiger partial charge in [-0.3, -0.25) is 9.59 Å². The zero-order valence-corrected chi connectivity index (χ0v) is 21.8. The number of halogens is 3. The molecule has 1 amide bonds. The van der Waals surface area contributed by atoms with Crippen LogP contribution in [0, 0.1) is 5.82 Å². The summed E-state index contributed by atoms with van der Waals surface area (Å²) < 4.78 is 38.0. The van der Waals surface area contributed by atoms with Crippen molar-refractivity contribution in [2.75, 3.05) is 38.2 Å². The summed E-state index contributed by atoms with van der Waals surface area (Å²) >= 11 is 0. The van der Waals surface area contributed by atoms with E-state index in [0.717, 1.165) is 38.3 Å². The summed E-state index contributed by atoms with van der Waals surface area (Å²) in [5, 5.41) is 15.2. The first-order valence-electron chi connectivity index (χ1n) is 12.6. The van der Waals surface area contributed by atoms with Gasteiger partial charge in [0.05, 0.1) is 30.6 Å². The summed E-state index contributed by atoms with van der Waals surface area (Å²) in [6.45, 7) is 1.08. The van der Waals surface area contributed by atoms with Crippen LogP contribution < -0.4 is 25.7 Å². The number of methoxy groups -OCH3 is 1. The number of carboxylic acids is 1. The number of nitrogens with zero attached hydrogens (tertiary/aromatic N) is 2. The van der Waals surface area contributed by atoms with Crippen LogP contribution in [0.4, 0.5) is 14.5 Å².